The molecule has 0 saturated carbocycles. The Labute approximate surface area is 205 Å². The zero-order valence-corrected chi connectivity index (χ0v) is 19.1. The van der Waals surface area contributed by atoms with E-state index < -0.39 is 22.5 Å². The van der Waals surface area contributed by atoms with Crippen LogP contribution in [-0.2, 0) is 0 Å². The zero-order chi connectivity index (χ0) is 25.4. The van der Waals surface area contributed by atoms with Gasteiger partial charge in [0.15, 0.2) is 23.0 Å². The van der Waals surface area contributed by atoms with Gasteiger partial charge in [0.25, 0.3) is 5.91 Å². The molecule has 0 fully saturated rings. The molecule has 0 unspecified atom stereocenters. The topological polar surface area (TPSA) is 125 Å². The van der Waals surface area contributed by atoms with Gasteiger partial charge in [-0.3, -0.25) is 14.9 Å². The summed E-state index contributed by atoms with van der Waals surface area (Å²) in [5.74, 6) is -1.46. The number of nitrogens with zero attached hydrogens (tertiary/aromatic N) is 5. The minimum absolute atomic E-state index is 0.0280. The standard InChI is InChI=1S/C23H14F2N6O4S/c1-35-17-10-12(2-7-16(17)25)20-27-21(29-23(32)18-8-9-19(36-18)31(33)34)15-11-26-30(22(15)28-20)14-5-3-13(24)4-6-14/h2-11H,1H3,(H,27,28,29,32). The van der Waals surface area contributed by atoms with E-state index >= 15 is 0 Å². The number of nitrogens with one attached hydrogen (secondary N) is 1. The molecule has 0 atom stereocenters. The monoisotopic (exact) mass is 508 g/mol. The number of fused-ring (bicyclic) bond motifs is 1. The van der Waals surface area contributed by atoms with Gasteiger partial charge in [-0.1, -0.05) is 11.3 Å². The van der Waals surface area contributed by atoms with Crippen molar-refractivity contribution in [1.29, 1.82) is 0 Å². The number of amides is 1. The molecule has 180 valence electrons. The highest BCUT2D eigenvalue weighted by Crippen LogP contribution is 2.31. The quantitative estimate of drug-likeness (QED) is 0.253. The number of ether oxygens (including phenoxy) is 1. The predicted octanol–water partition coefficient (Wildman–Crippen LogP) is 4.99. The van der Waals surface area contributed by atoms with E-state index in [1.807, 2.05) is 0 Å². The molecule has 0 aliphatic carbocycles. The van der Waals surface area contributed by atoms with E-state index in [-0.39, 0.29) is 32.9 Å². The van der Waals surface area contributed by atoms with Crippen LogP contribution in [0.1, 0.15) is 9.67 Å². The molecule has 3 heterocycles. The summed E-state index contributed by atoms with van der Waals surface area (Å²) in [5.41, 5.74) is 1.17. The number of rotatable bonds is 6. The third kappa shape index (κ3) is 4.22. The fourth-order valence-electron chi connectivity index (χ4n) is 3.42. The van der Waals surface area contributed by atoms with Crippen LogP contribution in [0.2, 0.25) is 0 Å². The van der Waals surface area contributed by atoms with Gasteiger partial charge >= 0.3 is 5.00 Å². The number of benzene rings is 2. The van der Waals surface area contributed by atoms with E-state index in [1.165, 1.54) is 72.6 Å². The highest BCUT2D eigenvalue weighted by atomic mass is 32.1. The van der Waals surface area contributed by atoms with Crippen LogP contribution in [-0.4, -0.2) is 37.7 Å². The van der Waals surface area contributed by atoms with Crippen molar-refractivity contribution in [2.24, 2.45) is 0 Å². The van der Waals surface area contributed by atoms with Crippen LogP contribution in [0.4, 0.5) is 19.6 Å². The SMILES string of the molecule is COc1cc(-c2nc(NC(=O)c3ccc([N+](=O)[O-])s3)c3cnn(-c4ccc(F)cc4)c3n2)ccc1F. The largest absolute Gasteiger partial charge is 0.494 e. The molecule has 10 nitrogen and oxygen atoms in total. The normalized spacial score (nSPS) is 11.0. The maximum atomic E-state index is 14.0. The molecule has 0 aliphatic rings. The van der Waals surface area contributed by atoms with Gasteiger partial charge in [0.1, 0.15) is 11.6 Å². The number of hydrogen-bond donors (Lipinski definition) is 1. The van der Waals surface area contributed by atoms with Crippen LogP contribution < -0.4 is 10.1 Å². The minimum Gasteiger partial charge on any atom is -0.494 e. The molecule has 3 aromatic heterocycles. The van der Waals surface area contributed by atoms with Gasteiger partial charge in [-0.15, -0.1) is 0 Å². The summed E-state index contributed by atoms with van der Waals surface area (Å²) < 4.78 is 33.9. The Morgan fingerprint density at radius 3 is 2.58 bits per heavy atom. The lowest BCUT2D eigenvalue weighted by atomic mass is 10.2. The van der Waals surface area contributed by atoms with Crippen molar-refractivity contribution >= 4 is 39.1 Å². The molecule has 2 aromatic carbocycles. The van der Waals surface area contributed by atoms with E-state index in [1.54, 1.807) is 0 Å². The molecule has 0 spiro atoms. The van der Waals surface area contributed by atoms with Crippen molar-refractivity contribution in [2.45, 2.75) is 0 Å². The Hall–Kier alpha value is -4.78. The first-order valence-corrected chi connectivity index (χ1v) is 11.1. The second-order valence-electron chi connectivity index (χ2n) is 7.36. The van der Waals surface area contributed by atoms with Crippen molar-refractivity contribution in [1.82, 2.24) is 19.7 Å². The molecule has 5 rings (SSSR count). The van der Waals surface area contributed by atoms with Crippen molar-refractivity contribution in [3.63, 3.8) is 0 Å². The third-order valence-corrected chi connectivity index (χ3v) is 6.17. The number of nitro groups is 1. The van der Waals surface area contributed by atoms with Crippen LogP contribution in [0.15, 0.2) is 60.8 Å². The number of anilines is 1. The molecule has 5 aromatic rings. The summed E-state index contributed by atoms with van der Waals surface area (Å²) in [6, 6.07) is 12.2. The minimum atomic E-state index is -0.620. The van der Waals surface area contributed by atoms with Crippen molar-refractivity contribution in [2.75, 3.05) is 12.4 Å². The molecule has 36 heavy (non-hydrogen) atoms. The van der Waals surface area contributed by atoms with Gasteiger partial charge in [0.2, 0.25) is 0 Å². The van der Waals surface area contributed by atoms with Gasteiger partial charge in [-0.05, 0) is 48.5 Å². The second-order valence-corrected chi connectivity index (χ2v) is 8.43. The number of hydrogen-bond acceptors (Lipinski definition) is 8. The van der Waals surface area contributed by atoms with E-state index in [4.69, 9.17) is 4.74 Å². The van der Waals surface area contributed by atoms with Crippen molar-refractivity contribution < 1.29 is 23.2 Å². The average Bonchev–Trinajstić information content (AvgIpc) is 3.53. The van der Waals surface area contributed by atoms with Crippen LogP contribution in [0.25, 0.3) is 28.1 Å². The number of halogens is 2. The summed E-state index contributed by atoms with van der Waals surface area (Å²) in [5, 5.41) is 18.1. The van der Waals surface area contributed by atoms with Gasteiger partial charge in [0.05, 0.1) is 34.2 Å². The number of carbonyl (C=O) groups excluding carboxylic acids is 1. The van der Waals surface area contributed by atoms with E-state index in [0.717, 1.165) is 0 Å². The predicted molar refractivity (Wildman–Crippen MR) is 127 cm³/mol. The van der Waals surface area contributed by atoms with Crippen LogP contribution in [0.3, 0.4) is 0 Å². The lowest BCUT2D eigenvalue weighted by molar-refractivity contribution is -0.380. The highest BCUT2D eigenvalue weighted by molar-refractivity contribution is 7.17. The number of thiophene rings is 1. The third-order valence-electron chi connectivity index (χ3n) is 5.14. The van der Waals surface area contributed by atoms with Crippen molar-refractivity contribution in [3.05, 3.63) is 87.4 Å². The Kier molecular flexibility index (Phi) is 5.82. The molecule has 0 radical (unpaired) electrons. The summed E-state index contributed by atoms with van der Waals surface area (Å²) in [6.07, 6.45) is 1.43. The molecular formula is C23H14F2N6O4S. The Bertz CT molecular complexity index is 1630. The molecule has 0 bridgehead atoms. The molecule has 1 amide bonds. The smallest absolute Gasteiger partial charge is 0.324 e. The zero-order valence-electron chi connectivity index (χ0n) is 18.3. The van der Waals surface area contributed by atoms with Gasteiger partial charge in [-0.2, -0.15) is 5.10 Å². The molecule has 0 aliphatic heterocycles. The molecular weight excluding hydrogens is 494 g/mol. The fraction of sp³-hybridized carbons (Fsp3) is 0.0435. The Morgan fingerprint density at radius 2 is 1.89 bits per heavy atom. The second kappa shape index (κ2) is 9.11. The van der Waals surface area contributed by atoms with E-state index in [2.05, 4.69) is 20.4 Å². The van der Waals surface area contributed by atoms with E-state index in [9.17, 15) is 23.7 Å². The molecule has 0 saturated heterocycles. The Morgan fingerprint density at radius 1 is 1.11 bits per heavy atom. The summed E-state index contributed by atoms with van der Waals surface area (Å²) >= 11 is 0.715. The van der Waals surface area contributed by atoms with Crippen LogP contribution in [0, 0.1) is 21.7 Å². The van der Waals surface area contributed by atoms with Crippen LogP contribution >= 0.6 is 11.3 Å². The highest BCUT2D eigenvalue weighted by Gasteiger charge is 2.20. The lowest BCUT2D eigenvalue weighted by Gasteiger charge is -2.10. The van der Waals surface area contributed by atoms with E-state index in [0.29, 0.717) is 28.0 Å². The summed E-state index contributed by atoms with van der Waals surface area (Å²) in [4.78, 5) is 32.4. The first-order valence-electron chi connectivity index (χ1n) is 10.3. The maximum Gasteiger partial charge on any atom is 0.324 e. The van der Waals surface area contributed by atoms with Gasteiger partial charge < -0.3 is 10.1 Å². The molecule has 1 N–H and O–H groups in total. The number of carbonyl (C=O) groups is 1. The first kappa shape index (κ1) is 23.0. The average molecular weight is 508 g/mol. The van der Waals surface area contributed by atoms with Gasteiger partial charge in [0, 0.05) is 11.6 Å². The number of aromatic nitrogens is 4. The van der Waals surface area contributed by atoms with Crippen molar-refractivity contribution in [3.8, 4) is 22.8 Å². The first-order chi connectivity index (χ1) is 17.3. The summed E-state index contributed by atoms with van der Waals surface area (Å²) in [6.45, 7) is 0. The number of methoxy groups -OCH3 is 1. The van der Waals surface area contributed by atoms with Gasteiger partial charge in [-0.25, -0.2) is 23.4 Å². The fourth-order valence-corrected chi connectivity index (χ4v) is 4.14. The van der Waals surface area contributed by atoms with Crippen LogP contribution in [0.5, 0.6) is 5.75 Å². The summed E-state index contributed by atoms with van der Waals surface area (Å²) in [7, 11) is 1.32. The Balaban J connectivity index is 1.65. The lowest BCUT2D eigenvalue weighted by Crippen LogP contribution is -2.12. The maximum absolute atomic E-state index is 14.0. The molecule has 13 heteroatoms.